The number of aliphatic imine (C=N–C) groups is 1. The molecule has 0 spiro atoms. The van der Waals surface area contributed by atoms with E-state index in [0.29, 0.717) is 11.8 Å². The minimum Gasteiger partial charge on any atom is -0.211 e. The molecule has 0 heterocycles. The smallest absolute Gasteiger partial charge is 0.211 e. The van der Waals surface area contributed by atoms with Crippen molar-refractivity contribution in [3.05, 3.63) is 0 Å². The first-order valence-corrected chi connectivity index (χ1v) is 4.51. The highest BCUT2D eigenvalue weighted by atomic mass is 32.2. The van der Waals surface area contributed by atoms with Crippen molar-refractivity contribution in [2.75, 3.05) is 12.3 Å². The van der Waals surface area contributed by atoms with Crippen molar-refractivity contribution in [1.82, 2.24) is 0 Å². The third-order valence-corrected chi connectivity index (χ3v) is 2.38. The summed E-state index contributed by atoms with van der Waals surface area (Å²) in [6, 6.07) is 0. The van der Waals surface area contributed by atoms with E-state index in [-0.39, 0.29) is 0 Å². The number of nitrogens with zero attached hydrogens (tertiary/aromatic N) is 1. The second-order valence-corrected chi connectivity index (χ2v) is 3.66. The van der Waals surface area contributed by atoms with E-state index in [0.717, 1.165) is 5.75 Å². The fourth-order valence-corrected chi connectivity index (χ4v) is 1.36. The maximum Gasteiger partial charge on any atom is 0.234 e. The first-order chi connectivity index (χ1) is 4.81. The number of hydrogen-bond donors (Lipinski definition) is 0. The van der Waals surface area contributed by atoms with Gasteiger partial charge in [-0.15, -0.1) is 0 Å². The molecular formula is C7H13NOS. The van der Waals surface area contributed by atoms with Gasteiger partial charge in [0.15, 0.2) is 0 Å². The molecular weight excluding hydrogens is 146 g/mol. The molecule has 0 aromatic heterocycles. The normalized spacial score (nSPS) is 12.2. The number of rotatable bonds is 5. The lowest BCUT2D eigenvalue weighted by Crippen LogP contribution is -2.01. The van der Waals surface area contributed by atoms with Crippen LogP contribution in [-0.4, -0.2) is 23.6 Å². The van der Waals surface area contributed by atoms with Gasteiger partial charge >= 0.3 is 0 Å². The molecule has 0 aliphatic carbocycles. The molecule has 0 saturated carbocycles. The lowest BCUT2D eigenvalue weighted by Gasteiger charge is -2.04. The van der Waals surface area contributed by atoms with Crippen LogP contribution in [0.2, 0.25) is 0 Å². The van der Waals surface area contributed by atoms with Gasteiger partial charge in [-0.25, -0.2) is 9.79 Å². The van der Waals surface area contributed by atoms with Crippen LogP contribution >= 0.6 is 11.8 Å². The zero-order chi connectivity index (χ0) is 7.82. The number of isocyanates is 1. The number of carbonyl (C=O) groups excluding carboxylic acids is 1. The zero-order valence-corrected chi connectivity index (χ0v) is 7.28. The van der Waals surface area contributed by atoms with Gasteiger partial charge in [-0.3, -0.25) is 0 Å². The van der Waals surface area contributed by atoms with Gasteiger partial charge in [0.25, 0.3) is 0 Å². The molecule has 0 amide bonds. The summed E-state index contributed by atoms with van der Waals surface area (Å²) >= 11 is 1.84. The van der Waals surface area contributed by atoms with Crippen molar-refractivity contribution in [3.8, 4) is 0 Å². The second-order valence-electron chi connectivity index (χ2n) is 2.11. The van der Waals surface area contributed by atoms with Gasteiger partial charge in [-0.05, 0) is 12.2 Å². The molecule has 0 N–H and O–H groups in total. The van der Waals surface area contributed by atoms with Crippen LogP contribution in [-0.2, 0) is 4.79 Å². The SMILES string of the molecule is CCCSC(C)CN=C=O. The summed E-state index contributed by atoms with van der Waals surface area (Å²) < 4.78 is 0. The predicted octanol–water partition coefficient (Wildman–Crippen LogP) is 1.85. The number of hydrogen-bond acceptors (Lipinski definition) is 3. The Morgan fingerprint density at radius 2 is 2.40 bits per heavy atom. The van der Waals surface area contributed by atoms with Gasteiger partial charge in [0.1, 0.15) is 0 Å². The Morgan fingerprint density at radius 1 is 1.70 bits per heavy atom. The van der Waals surface area contributed by atoms with Crippen molar-refractivity contribution in [2.24, 2.45) is 4.99 Å². The molecule has 0 aromatic rings. The molecule has 2 nitrogen and oxygen atoms in total. The summed E-state index contributed by atoms with van der Waals surface area (Å²) in [7, 11) is 0. The van der Waals surface area contributed by atoms with E-state index in [1.807, 2.05) is 11.8 Å². The van der Waals surface area contributed by atoms with Gasteiger partial charge in [0, 0.05) is 5.25 Å². The monoisotopic (exact) mass is 159 g/mol. The summed E-state index contributed by atoms with van der Waals surface area (Å²) in [5.41, 5.74) is 0. The highest BCUT2D eigenvalue weighted by Gasteiger charge is 1.98. The molecule has 58 valence electrons. The summed E-state index contributed by atoms with van der Waals surface area (Å²) in [6.07, 6.45) is 2.72. The van der Waals surface area contributed by atoms with E-state index in [4.69, 9.17) is 0 Å². The van der Waals surface area contributed by atoms with E-state index in [2.05, 4.69) is 18.8 Å². The molecule has 0 bridgehead atoms. The fraction of sp³-hybridized carbons (Fsp3) is 0.857. The predicted molar refractivity (Wildman–Crippen MR) is 45.2 cm³/mol. The summed E-state index contributed by atoms with van der Waals surface area (Å²) in [5, 5.41) is 0.460. The Morgan fingerprint density at radius 3 is 2.90 bits per heavy atom. The Balaban J connectivity index is 3.24. The second kappa shape index (κ2) is 6.84. The Bertz CT molecular complexity index is 121. The van der Waals surface area contributed by atoms with Crippen molar-refractivity contribution in [2.45, 2.75) is 25.5 Å². The largest absolute Gasteiger partial charge is 0.234 e. The third kappa shape index (κ3) is 5.86. The summed E-state index contributed by atoms with van der Waals surface area (Å²) in [6.45, 7) is 4.82. The highest BCUT2D eigenvalue weighted by Crippen LogP contribution is 2.10. The lowest BCUT2D eigenvalue weighted by molar-refractivity contribution is 0.563. The van der Waals surface area contributed by atoms with Crippen LogP contribution in [0.4, 0.5) is 0 Å². The van der Waals surface area contributed by atoms with Gasteiger partial charge < -0.3 is 0 Å². The number of thioether (sulfide) groups is 1. The topological polar surface area (TPSA) is 29.4 Å². The van der Waals surface area contributed by atoms with Crippen LogP contribution in [0.25, 0.3) is 0 Å². The van der Waals surface area contributed by atoms with Crippen LogP contribution in [0, 0.1) is 0 Å². The molecule has 10 heavy (non-hydrogen) atoms. The van der Waals surface area contributed by atoms with Crippen LogP contribution in [0.1, 0.15) is 20.3 Å². The first-order valence-electron chi connectivity index (χ1n) is 3.46. The minimum atomic E-state index is 0.460. The van der Waals surface area contributed by atoms with Crippen molar-refractivity contribution in [1.29, 1.82) is 0 Å². The quantitative estimate of drug-likeness (QED) is 0.452. The zero-order valence-electron chi connectivity index (χ0n) is 6.46. The molecule has 0 aliphatic heterocycles. The van der Waals surface area contributed by atoms with Gasteiger partial charge in [0.2, 0.25) is 6.08 Å². The lowest BCUT2D eigenvalue weighted by atomic mass is 10.5. The van der Waals surface area contributed by atoms with Gasteiger partial charge in [0.05, 0.1) is 6.54 Å². The maximum absolute atomic E-state index is 9.68. The summed E-state index contributed by atoms with van der Waals surface area (Å²) in [5.74, 6) is 1.15. The average molecular weight is 159 g/mol. The van der Waals surface area contributed by atoms with Gasteiger partial charge in [-0.1, -0.05) is 13.8 Å². The third-order valence-electron chi connectivity index (χ3n) is 1.02. The van der Waals surface area contributed by atoms with Crippen molar-refractivity contribution >= 4 is 17.8 Å². The molecule has 1 atom stereocenters. The van der Waals surface area contributed by atoms with Crippen LogP contribution < -0.4 is 0 Å². The van der Waals surface area contributed by atoms with Crippen LogP contribution in [0.5, 0.6) is 0 Å². The molecule has 0 saturated heterocycles. The standard InChI is InChI=1S/C7H13NOS/c1-3-4-10-7(2)5-8-6-9/h7H,3-5H2,1-2H3. The van der Waals surface area contributed by atoms with E-state index < -0.39 is 0 Å². The van der Waals surface area contributed by atoms with Crippen LogP contribution in [0.3, 0.4) is 0 Å². The Labute approximate surface area is 66.1 Å². The van der Waals surface area contributed by atoms with Crippen molar-refractivity contribution < 1.29 is 4.79 Å². The molecule has 0 aliphatic rings. The molecule has 0 radical (unpaired) electrons. The Kier molecular flexibility index (Phi) is 6.66. The first kappa shape index (κ1) is 9.73. The van der Waals surface area contributed by atoms with Crippen molar-refractivity contribution in [3.63, 3.8) is 0 Å². The Hall–Kier alpha value is -0.270. The van der Waals surface area contributed by atoms with E-state index >= 15 is 0 Å². The van der Waals surface area contributed by atoms with E-state index in [9.17, 15) is 4.79 Å². The molecule has 1 unspecified atom stereocenters. The maximum atomic E-state index is 9.68. The molecule has 0 aromatic carbocycles. The van der Waals surface area contributed by atoms with Gasteiger partial charge in [-0.2, -0.15) is 11.8 Å². The van der Waals surface area contributed by atoms with E-state index in [1.54, 1.807) is 0 Å². The minimum absolute atomic E-state index is 0.460. The molecule has 0 rings (SSSR count). The van der Waals surface area contributed by atoms with Crippen LogP contribution in [0.15, 0.2) is 4.99 Å². The fourth-order valence-electron chi connectivity index (χ4n) is 0.538. The average Bonchev–Trinajstić information content (AvgIpc) is 1.97. The summed E-state index contributed by atoms with van der Waals surface area (Å²) in [4.78, 5) is 13.2. The molecule has 3 heteroatoms. The highest BCUT2D eigenvalue weighted by molar-refractivity contribution is 7.99. The molecule has 0 fully saturated rings. The van der Waals surface area contributed by atoms with E-state index in [1.165, 1.54) is 12.5 Å².